The number of hydrogen-bond donors (Lipinski definition) is 5. The Hall–Kier alpha value is -1.06. The molecule has 8 nitrogen and oxygen atoms in total. The van der Waals surface area contributed by atoms with Crippen molar-refractivity contribution in [1.82, 2.24) is 5.32 Å². The second-order valence-corrected chi connectivity index (χ2v) is 7.39. The Kier molecular flexibility index (Phi) is 5.37. The number of nitrogens with two attached hydrogens (primary N) is 1. The maximum atomic E-state index is 12.3. The number of carbonyl (C=O) groups excluding carboxylic acids is 2. The third-order valence-electron chi connectivity index (χ3n) is 4.46. The van der Waals surface area contributed by atoms with Crippen molar-refractivity contribution in [2.75, 3.05) is 0 Å². The predicted molar refractivity (Wildman–Crippen MR) is 85.3 cm³/mol. The van der Waals surface area contributed by atoms with Crippen LogP contribution in [0.15, 0.2) is 11.3 Å². The minimum atomic E-state index is -1.60. The van der Waals surface area contributed by atoms with E-state index in [2.05, 4.69) is 5.32 Å². The lowest BCUT2D eigenvalue weighted by Gasteiger charge is -2.50. The molecule has 6 N–H and O–H groups in total. The molecule has 1 aliphatic heterocycles. The van der Waals surface area contributed by atoms with Gasteiger partial charge in [-0.15, -0.1) is 23.2 Å². The zero-order valence-corrected chi connectivity index (χ0v) is 14.6. The molecular weight excluding hydrogens is 363 g/mol. The smallest absolute Gasteiger partial charge is 0.338 e. The molecule has 1 heterocycles. The van der Waals surface area contributed by atoms with Gasteiger partial charge in [0, 0.05) is 12.3 Å². The van der Waals surface area contributed by atoms with E-state index in [0.29, 0.717) is 0 Å². The van der Waals surface area contributed by atoms with E-state index in [1.165, 1.54) is 13.8 Å². The zero-order chi connectivity index (χ0) is 18.4. The van der Waals surface area contributed by atoms with Gasteiger partial charge in [0.2, 0.25) is 5.91 Å². The highest BCUT2D eigenvalue weighted by Gasteiger charge is 2.59. The van der Waals surface area contributed by atoms with Crippen molar-refractivity contribution in [3.8, 4) is 0 Å². The molecule has 1 aliphatic carbocycles. The molecule has 136 valence electrons. The van der Waals surface area contributed by atoms with Gasteiger partial charge in [0.05, 0.1) is 29.9 Å². The summed E-state index contributed by atoms with van der Waals surface area (Å²) in [4.78, 5) is 23.1. The number of fused-ring (bicyclic) bond motifs is 1. The molecule has 0 aromatic carbocycles. The first-order valence-corrected chi connectivity index (χ1v) is 8.23. The van der Waals surface area contributed by atoms with Crippen LogP contribution in [-0.4, -0.2) is 61.9 Å². The van der Waals surface area contributed by atoms with Gasteiger partial charge in [-0.1, -0.05) is 0 Å². The number of cyclic esters (lactones) is 1. The van der Waals surface area contributed by atoms with Crippen LogP contribution < -0.4 is 11.1 Å². The summed E-state index contributed by atoms with van der Waals surface area (Å²) in [6, 6.07) is -1.99. The maximum absolute atomic E-state index is 12.3. The SMILES string of the molecule is C[C@@H](N)C(=O)N[C@@H]1[C@H]2C(=C(O)C[C@@H](O)[C@@H]2O)C(=O)O[C@]1(C)C(Cl)Cl. The summed E-state index contributed by atoms with van der Waals surface area (Å²) in [7, 11) is 0. The third kappa shape index (κ3) is 3.09. The van der Waals surface area contributed by atoms with Crippen molar-refractivity contribution < 1.29 is 29.6 Å². The molecular formula is C14H20Cl2N2O6. The second kappa shape index (κ2) is 6.68. The zero-order valence-electron chi connectivity index (χ0n) is 13.1. The number of alkyl halides is 2. The van der Waals surface area contributed by atoms with Crippen LogP contribution in [0.2, 0.25) is 0 Å². The first kappa shape index (κ1) is 19.3. The number of halogens is 2. The van der Waals surface area contributed by atoms with E-state index in [4.69, 9.17) is 33.7 Å². The lowest BCUT2D eigenvalue weighted by atomic mass is 9.71. The van der Waals surface area contributed by atoms with Gasteiger partial charge in [0.1, 0.15) is 10.6 Å². The molecule has 0 spiro atoms. The normalized spacial score (nSPS) is 37.8. The number of amides is 1. The Morgan fingerprint density at radius 3 is 2.54 bits per heavy atom. The van der Waals surface area contributed by atoms with E-state index in [0.717, 1.165) is 0 Å². The van der Waals surface area contributed by atoms with E-state index < -0.39 is 58.3 Å². The molecule has 1 amide bonds. The summed E-state index contributed by atoms with van der Waals surface area (Å²) in [6.45, 7) is 2.84. The van der Waals surface area contributed by atoms with Crippen molar-refractivity contribution in [3.05, 3.63) is 11.3 Å². The molecule has 0 saturated carbocycles. The van der Waals surface area contributed by atoms with E-state index in [-0.39, 0.29) is 12.0 Å². The van der Waals surface area contributed by atoms with E-state index >= 15 is 0 Å². The molecule has 2 aliphatic rings. The van der Waals surface area contributed by atoms with Gasteiger partial charge in [-0.3, -0.25) is 4.79 Å². The summed E-state index contributed by atoms with van der Waals surface area (Å²) in [6.07, 6.45) is -3.07. The van der Waals surface area contributed by atoms with E-state index in [1.54, 1.807) is 0 Å². The molecule has 1 saturated heterocycles. The minimum Gasteiger partial charge on any atom is -0.512 e. The first-order chi connectivity index (χ1) is 11.0. The van der Waals surface area contributed by atoms with Crippen molar-refractivity contribution in [1.29, 1.82) is 0 Å². The Morgan fingerprint density at radius 2 is 2.04 bits per heavy atom. The van der Waals surface area contributed by atoms with Crippen LogP contribution in [0.5, 0.6) is 0 Å². The number of carbonyl (C=O) groups is 2. The number of esters is 1. The average Bonchev–Trinajstić information content (AvgIpc) is 2.46. The standard InChI is InChI=1S/C14H20Cl2N2O6/c1-4(17)11(22)18-10-8-7(5(19)3-6(20)9(8)21)12(23)24-14(10,2)13(15)16/h4,6,8-10,13,19-21H,3,17H2,1-2H3,(H,18,22)/t4-,6-,8+,9+,10-,14+/m1/s1. The molecule has 0 radical (unpaired) electrons. The maximum Gasteiger partial charge on any atom is 0.338 e. The number of aliphatic hydroxyl groups excluding tert-OH is 3. The second-order valence-electron chi connectivity index (χ2n) is 6.30. The Balaban J connectivity index is 2.55. The van der Waals surface area contributed by atoms with Gasteiger partial charge < -0.3 is 31.1 Å². The predicted octanol–water partition coefficient (Wildman–Crippen LogP) is -0.509. The number of hydrogen-bond acceptors (Lipinski definition) is 7. The lowest BCUT2D eigenvalue weighted by Crippen LogP contribution is -2.68. The van der Waals surface area contributed by atoms with Gasteiger partial charge in [-0.25, -0.2) is 4.79 Å². The summed E-state index contributed by atoms with van der Waals surface area (Å²) >= 11 is 11.9. The quantitative estimate of drug-likeness (QED) is 0.326. The number of rotatable bonds is 3. The number of aliphatic hydroxyl groups is 3. The van der Waals surface area contributed by atoms with Gasteiger partial charge in [0.15, 0.2) is 5.60 Å². The molecule has 0 aromatic rings. The van der Waals surface area contributed by atoms with E-state index in [1.807, 2.05) is 0 Å². The molecule has 10 heteroatoms. The van der Waals surface area contributed by atoms with Gasteiger partial charge in [-0.2, -0.15) is 0 Å². The molecule has 2 rings (SSSR count). The van der Waals surface area contributed by atoms with Crippen LogP contribution in [0, 0.1) is 5.92 Å². The fourth-order valence-electron chi connectivity index (χ4n) is 3.02. The van der Waals surface area contributed by atoms with Crippen LogP contribution in [0.4, 0.5) is 0 Å². The van der Waals surface area contributed by atoms with Gasteiger partial charge in [-0.05, 0) is 13.8 Å². The Bertz CT molecular complexity index is 582. The van der Waals surface area contributed by atoms with Crippen molar-refractivity contribution in [2.45, 2.75) is 55.0 Å². The molecule has 24 heavy (non-hydrogen) atoms. The molecule has 0 unspecified atom stereocenters. The van der Waals surface area contributed by atoms with Crippen molar-refractivity contribution in [2.24, 2.45) is 11.7 Å². The third-order valence-corrected chi connectivity index (χ3v) is 5.33. The number of nitrogens with one attached hydrogen (secondary N) is 1. The van der Waals surface area contributed by atoms with Gasteiger partial charge in [0.25, 0.3) is 0 Å². The monoisotopic (exact) mass is 382 g/mol. The molecule has 0 aromatic heterocycles. The highest BCUT2D eigenvalue weighted by molar-refractivity contribution is 6.45. The fourth-order valence-corrected chi connectivity index (χ4v) is 3.38. The van der Waals surface area contributed by atoms with Gasteiger partial charge >= 0.3 is 5.97 Å². The summed E-state index contributed by atoms with van der Waals surface area (Å²) in [5, 5.41) is 32.9. The summed E-state index contributed by atoms with van der Waals surface area (Å²) in [5.41, 5.74) is 3.73. The van der Waals surface area contributed by atoms with Crippen LogP contribution in [0.3, 0.4) is 0 Å². The van der Waals surface area contributed by atoms with Crippen molar-refractivity contribution in [3.63, 3.8) is 0 Å². The topological polar surface area (TPSA) is 142 Å². The highest BCUT2D eigenvalue weighted by atomic mass is 35.5. The summed E-state index contributed by atoms with van der Waals surface area (Å²) < 4.78 is 5.28. The van der Waals surface area contributed by atoms with E-state index in [9.17, 15) is 24.9 Å². The Morgan fingerprint density at radius 1 is 1.46 bits per heavy atom. The fraction of sp³-hybridized carbons (Fsp3) is 0.714. The average molecular weight is 383 g/mol. The van der Waals surface area contributed by atoms with Crippen LogP contribution >= 0.6 is 23.2 Å². The Labute approximate surface area is 148 Å². The highest BCUT2D eigenvalue weighted by Crippen LogP contribution is 2.44. The molecule has 6 atom stereocenters. The minimum absolute atomic E-state index is 0.214. The number of ether oxygens (including phenoxy) is 1. The van der Waals surface area contributed by atoms with Crippen molar-refractivity contribution >= 4 is 35.1 Å². The van der Waals surface area contributed by atoms with Crippen LogP contribution in [0.1, 0.15) is 20.3 Å². The molecule has 1 fully saturated rings. The first-order valence-electron chi connectivity index (χ1n) is 7.36. The lowest BCUT2D eigenvalue weighted by molar-refractivity contribution is -0.173. The van der Waals surface area contributed by atoms with Crippen LogP contribution in [0.25, 0.3) is 0 Å². The summed E-state index contributed by atoms with van der Waals surface area (Å²) in [5.74, 6) is -3.07. The van der Waals surface area contributed by atoms with Crippen LogP contribution in [-0.2, 0) is 14.3 Å². The molecule has 0 bridgehead atoms. The largest absolute Gasteiger partial charge is 0.512 e.